The molecule has 0 fully saturated rings. The van der Waals surface area contributed by atoms with Crippen LogP contribution in [0.5, 0.6) is 0 Å². The van der Waals surface area contributed by atoms with Gasteiger partial charge in [-0.05, 0) is 0 Å². The molecule has 0 saturated carbocycles. The van der Waals surface area contributed by atoms with Gasteiger partial charge in [0.05, 0.1) is 0 Å². The molecule has 1 aliphatic rings. The summed E-state index contributed by atoms with van der Waals surface area (Å²) in [7, 11) is 11.8. The molecular formula is C8H11Cl2Rh. The number of hydrogen-bond acceptors (Lipinski definition) is 0. The molecule has 0 aromatic rings. The first-order valence-electron chi connectivity index (χ1n) is 3.64. The van der Waals surface area contributed by atoms with E-state index in [1.165, 1.54) is 23.4 Å². The predicted octanol–water partition coefficient (Wildman–Crippen LogP) is 3.93. The number of halogens is 2. The van der Waals surface area contributed by atoms with Crippen molar-refractivity contribution in [1.29, 1.82) is 0 Å². The van der Waals surface area contributed by atoms with Crippen LogP contribution < -0.4 is 0 Å². The Balaban J connectivity index is 2.58. The van der Waals surface area contributed by atoms with Crippen LogP contribution in [0.2, 0.25) is 0 Å². The van der Waals surface area contributed by atoms with E-state index in [2.05, 4.69) is 18.2 Å². The first-order chi connectivity index (χ1) is 5.30. The molecule has 3 heteroatoms. The fourth-order valence-corrected chi connectivity index (χ4v) is 3.21. The summed E-state index contributed by atoms with van der Waals surface area (Å²) < 4.78 is 1.27. The Labute approximate surface area is 81.2 Å². The summed E-state index contributed by atoms with van der Waals surface area (Å²) in [6.07, 6.45) is 11.1. The molecule has 0 aliphatic heterocycles. The van der Waals surface area contributed by atoms with Crippen molar-refractivity contribution < 1.29 is 14.0 Å². The Morgan fingerprint density at radius 1 is 1.27 bits per heavy atom. The van der Waals surface area contributed by atoms with Crippen molar-refractivity contribution in [2.45, 2.75) is 25.7 Å². The van der Waals surface area contributed by atoms with Crippen LogP contribution in [0, 0.1) is 0 Å². The van der Waals surface area contributed by atoms with Gasteiger partial charge in [-0.15, -0.1) is 0 Å². The molecule has 0 unspecified atom stereocenters. The van der Waals surface area contributed by atoms with Crippen LogP contribution in [-0.4, -0.2) is 0 Å². The summed E-state index contributed by atoms with van der Waals surface area (Å²) in [6.45, 7) is 0. The van der Waals surface area contributed by atoms with Gasteiger partial charge in [-0.1, -0.05) is 0 Å². The second-order valence-electron chi connectivity index (χ2n) is 2.43. The van der Waals surface area contributed by atoms with Crippen LogP contribution in [0.25, 0.3) is 0 Å². The molecule has 1 rings (SSSR count). The topological polar surface area (TPSA) is 0 Å². The second-order valence-corrected chi connectivity index (χ2v) is 8.08. The van der Waals surface area contributed by atoms with Gasteiger partial charge >= 0.3 is 81.4 Å². The van der Waals surface area contributed by atoms with Gasteiger partial charge in [0.1, 0.15) is 0 Å². The average Bonchev–Trinajstić information content (AvgIpc) is 1.84. The minimum atomic E-state index is -1.47. The van der Waals surface area contributed by atoms with E-state index in [4.69, 9.17) is 19.4 Å². The summed E-state index contributed by atoms with van der Waals surface area (Å²) >= 11 is -1.47. The zero-order chi connectivity index (χ0) is 8.10. The van der Waals surface area contributed by atoms with Gasteiger partial charge in [-0.25, -0.2) is 0 Å². The van der Waals surface area contributed by atoms with Crippen molar-refractivity contribution in [2.75, 3.05) is 0 Å². The monoisotopic (exact) mass is 280 g/mol. The van der Waals surface area contributed by atoms with Gasteiger partial charge in [-0.2, -0.15) is 0 Å². The number of allylic oxidation sites excluding steroid dienone is 4. The van der Waals surface area contributed by atoms with E-state index in [-0.39, 0.29) is 0 Å². The molecule has 0 spiro atoms. The molecular weight excluding hydrogens is 270 g/mol. The first kappa shape index (κ1) is 9.77. The predicted molar refractivity (Wildman–Crippen MR) is 47.4 cm³/mol. The molecule has 0 nitrogen and oxygen atoms in total. The van der Waals surface area contributed by atoms with Gasteiger partial charge < -0.3 is 0 Å². The van der Waals surface area contributed by atoms with Crippen molar-refractivity contribution in [3.8, 4) is 0 Å². The Morgan fingerprint density at radius 2 is 2.09 bits per heavy atom. The Hall–Kier alpha value is 0.683. The van der Waals surface area contributed by atoms with Crippen molar-refractivity contribution in [1.82, 2.24) is 0 Å². The molecule has 0 radical (unpaired) electrons. The third-order valence-electron chi connectivity index (χ3n) is 1.59. The van der Waals surface area contributed by atoms with Crippen molar-refractivity contribution >= 4 is 19.4 Å². The zero-order valence-corrected chi connectivity index (χ0v) is 9.30. The van der Waals surface area contributed by atoms with E-state index >= 15 is 0 Å². The molecule has 66 valence electrons. The van der Waals surface area contributed by atoms with Gasteiger partial charge in [0.2, 0.25) is 0 Å². The molecule has 11 heavy (non-hydrogen) atoms. The van der Waals surface area contributed by atoms with E-state index in [9.17, 15) is 0 Å². The van der Waals surface area contributed by atoms with Gasteiger partial charge in [-0.3, -0.25) is 0 Å². The van der Waals surface area contributed by atoms with Crippen LogP contribution in [0.1, 0.15) is 25.7 Å². The molecule has 1 aliphatic carbocycles. The second kappa shape index (κ2) is 5.35. The SMILES string of the molecule is [Cl][Rh]([Cl])[C]1=CC=CCCCC1. The quantitative estimate of drug-likeness (QED) is 0.639. The first-order valence-corrected chi connectivity index (χ1v) is 8.68. The van der Waals surface area contributed by atoms with Crippen molar-refractivity contribution in [3.63, 3.8) is 0 Å². The van der Waals surface area contributed by atoms with Gasteiger partial charge in [0.15, 0.2) is 0 Å². The van der Waals surface area contributed by atoms with E-state index < -0.39 is 14.0 Å². The van der Waals surface area contributed by atoms with Crippen LogP contribution in [-0.2, 0) is 14.0 Å². The van der Waals surface area contributed by atoms with Crippen LogP contribution in [0.15, 0.2) is 22.4 Å². The number of rotatable bonds is 1. The molecule has 0 heterocycles. The summed E-state index contributed by atoms with van der Waals surface area (Å²) in [5, 5.41) is 0. The molecule has 0 aromatic heterocycles. The Bertz CT molecular complexity index is 173. The number of hydrogen-bond donors (Lipinski definition) is 0. The molecule has 0 atom stereocenters. The van der Waals surface area contributed by atoms with Crippen molar-refractivity contribution in [2.24, 2.45) is 0 Å². The summed E-state index contributed by atoms with van der Waals surface area (Å²) in [6, 6.07) is 0. The standard InChI is InChI=1S/C8H11.2ClH.Rh/c1-2-4-6-8-7-5-3-1;;;/h1-3H,4,6-8H2;2*1H;/q;;;+2/p-2. The van der Waals surface area contributed by atoms with Crippen molar-refractivity contribution in [3.05, 3.63) is 22.4 Å². The third kappa shape index (κ3) is 3.74. The minimum absolute atomic E-state index is 1.10. The van der Waals surface area contributed by atoms with Crippen LogP contribution in [0.4, 0.5) is 0 Å². The summed E-state index contributed by atoms with van der Waals surface area (Å²) in [5.74, 6) is 0. The van der Waals surface area contributed by atoms with Gasteiger partial charge in [0, 0.05) is 0 Å². The maximum atomic E-state index is 5.88. The average molecular weight is 281 g/mol. The van der Waals surface area contributed by atoms with E-state index in [1.807, 2.05) is 0 Å². The molecule has 0 amide bonds. The maximum absolute atomic E-state index is 5.88. The molecule has 0 aromatic carbocycles. The molecule has 0 bridgehead atoms. The van der Waals surface area contributed by atoms with Gasteiger partial charge in [0.25, 0.3) is 0 Å². The molecule has 0 N–H and O–H groups in total. The third-order valence-corrected chi connectivity index (χ3v) is 4.99. The Morgan fingerprint density at radius 3 is 2.82 bits per heavy atom. The fraction of sp³-hybridized carbons (Fsp3) is 0.500. The van der Waals surface area contributed by atoms with E-state index in [0.29, 0.717) is 0 Å². The summed E-state index contributed by atoms with van der Waals surface area (Å²) in [4.78, 5) is 0. The van der Waals surface area contributed by atoms with Crippen LogP contribution >= 0.6 is 19.4 Å². The fourth-order valence-electron chi connectivity index (χ4n) is 1.00. The van der Waals surface area contributed by atoms with Crippen LogP contribution in [0.3, 0.4) is 0 Å². The zero-order valence-electron chi connectivity index (χ0n) is 6.15. The Kier molecular flexibility index (Phi) is 4.75. The van der Waals surface area contributed by atoms with E-state index in [0.717, 1.165) is 6.42 Å². The summed E-state index contributed by atoms with van der Waals surface area (Å²) in [5.41, 5.74) is 0. The van der Waals surface area contributed by atoms with E-state index in [1.54, 1.807) is 0 Å². The normalized spacial score (nSPS) is 20.2. The molecule has 0 saturated heterocycles.